The zero-order chi connectivity index (χ0) is 16.2. The van der Waals surface area contributed by atoms with Crippen LogP contribution in [0.5, 0.6) is 0 Å². The van der Waals surface area contributed by atoms with Gasteiger partial charge in [0.15, 0.2) is 0 Å². The first-order valence-electron chi connectivity index (χ1n) is 7.98. The summed E-state index contributed by atoms with van der Waals surface area (Å²) < 4.78 is 11.2. The molecule has 5 heteroatoms. The van der Waals surface area contributed by atoms with Crippen LogP contribution in [0.25, 0.3) is 0 Å². The summed E-state index contributed by atoms with van der Waals surface area (Å²) in [7, 11) is 0. The number of carbonyl (C=O) groups excluding carboxylic acids is 2. The highest BCUT2D eigenvalue weighted by atomic mass is 16.6. The average Bonchev–Trinajstić information content (AvgIpc) is 3.16. The predicted octanol–water partition coefficient (Wildman–Crippen LogP) is 1.84. The SMILES string of the molecule is CCOC(=O)[C@@H]1[C@@H]2C=C[C@@]3(CN(c4ccccc4C)C(=O)[C@H]13)O2. The number of hydrogen-bond donors (Lipinski definition) is 0. The van der Waals surface area contributed by atoms with Gasteiger partial charge in [-0.25, -0.2) is 0 Å². The number of hydrogen-bond acceptors (Lipinski definition) is 4. The van der Waals surface area contributed by atoms with E-state index in [1.54, 1.807) is 11.8 Å². The first-order chi connectivity index (χ1) is 11.1. The zero-order valence-corrected chi connectivity index (χ0v) is 13.2. The van der Waals surface area contributed by atoms with Crippen LogP contribution in [-0.4, -0.2) is 36.7 Å². The molecule has 3 aliphatic heterocycles. The topological polar surface area (TPSA) is 55.8 Å². The number of anilines is 1. The molecule has 2 saturated heterocycles. The first kappa shape index (κ1) is 14.5. The zero-order valence-electron chi connectivity index (χ0n) is 13.2. The van der Waals surface area contributed by atoms with E-state index in [9.17, 15) is 9.59 Å². The first-order valence-corrected chi connectivity index (χ1v) is 7.98. The molecule has 4 atom stereocenters. The second kappa shape index (κ2) is 4.93. The number of ether oxygens (including phenoxy) is 2. The molecule has 3 heterocycles. The summed E-state index contributed by atoms with van der Waals surface area (Å²) in [6, 6.07) is 7.77. The summed E-state index contributed by atoms with van der Waals surface area (Å²) in [6.07, 6.45) is 3.50. The van der Waals surface area contributed by atoms with Crippen molar-refractivity contribution in [2.75, 3.05) is 18.1 Å². The van der Waals surface area contributed by atoms with Gasteiger partial charge in [-0.05, 0) is 25.5 Å². The molecule has 23 heavy (non-hydrogen) atoms. The Bertz CT molecular complexity index is 713. The lowest BCUT2D eigenvalue weighted by Crippen LogP contribution is -2.40. The molecule has 120 valence electrons. The molecular formula is C18H19NO4. The third-order valence-electron chi connectivity index (χ3n) is 5.07. The molecule has 1 aromatic carbocycles. The maximum absolute atomic E-state index is 13.0. The third kappa shape index (κ3) is 1.89. The van der Waals surface area contributed by atoms with Gasteiger partial charge in [-0.3, -0.25) is 9.59 Å². The van der Waals surface area contributed by atoms with Crippen LogP contribution in [0.1, 0.15) is 12.5 Å². The summed E-state index contributed by atoms with van der Waals surface area (Å²) in [4.78, 5) is 27.1. The van der Waals surface area contributed by atoms with E-state index < -0.39 is 17.4 Å². The van der Waals surface area contributed by atoms with Gasteiger partial charge in [0.05, 0.1) is 25.2 Å². The summed E-state index contributed by atoms with van der Waals surface area (Å²) in [6.45, 7) is 4.50. The van der Waals surface area contributed by atoms with Gasteiger partial charge in [-0.2, -0.15) is 0 Å². The molecule has 4 rings (SSSR count). The molecule has 1 amide bonds. The summed E-state index contributed by atoms with van der Waals surface area (Å²) in [5, 5.41) is 0. The molecule has 2 fully saturated rings. The molecular weight excluding hydrogens is 294 g/mol. The van der Waals surface area contributed by atoms with Crippen LogP contribution in [0.3, 0.4) is 0 Å². The number of amides is 1. The van der Waals surface area contributed by atoms with E-state index >= 15 is 0 Å². The molecule has 0 saturated carbocycles. The Balaban J connectivity index is 1.71. The van der Waals surface area contributed by atoms with Crippen molar-refractivity contribution in [3.8, 4) is 0 Å². The van der Waals surface area contributed by atoms with Crippen molar-refractivity contribution in [3.63, 3.8) is 0 Å². The van der Waals surface area contributed by atoms with Crippen LogP contribution in [0.4, 0.5) is 5.69 Å². The van der Waals surface area contributed by atoms with Crippen LogP contribution in [0, 0.1) is 18.8 Å². The summed E-state index contributed by atoms with van der Waals surface area (Å²) in [5.41, 5.74) is 1.22. The quantitative estimate of drug-likeness (QED) is 0.631. The van der Waals surface area contributed by atoms with Gasteiger partial charge in [0.25, 0.3) is 0 Å². The van der Waals surface area contributed by atoms with Crippen molar-refractivity contribution in [1.29, 1.82) is 0 Å². The number of aryl methyl sites for hydroxylation is 1. The Hall–Kier alpha value is -2.14. The van der Waals surface area contributed by atoms with E-state index in [1.165, 1.54) is 0 Å². The average molecular weight is 313 g/mol. The molecule has 0 radical (unpaired) electrons. The molecule has 0 aromatic heterocycles. The molecule has 0 N–H and O–H groups in total. The van der Waals surface area contributed by atoms with E-state index in [1.807, 2.05) is 43.3 Å². The van der Waals surface area contributed by atoms with E-state index in [2.05, 4.69) is 0 Å². The number of rotatable bonds is 3. The summed E-state index contributed by atoms with van der Waals surface area (Å²) >= 11 is 0. The number of para-hydroxylation sites is 1. The molecule has 2 bridgehead atoms. The minimum absolute atomic E-state index is 0.0517. The smallest absolute Gasteiger partial charge is 0.312 e. The van der Waals surface area contributed by atoms with Gasteiger partial charge >= 0.3 is 5.97 Å². The number of esters is 1. The fourth-order valence-corrected chi connectivity index (χ4v) is 4.08. The van der Waals surface area contributed by atoms with Crippen molar-refractivity contribution in [3.05, 3.63) is 42.0 Å². The fraction of sp³-hybridized carbons (Fsp3) is 0.444. The second-order valence-electron chi connectivity index (χ2n) is 6.36. The molecule has 0 unspecified atom stereocenters. The summed E-state index contributed by atoms with van der Waals surface area (Å²) in [5.74, 6) is -1.42. The minimum atomic E-state index is -0.693. The van der Waals surface area contributed by atoms with Crippen molar-refractivity contribution >= 4 is 17.6 Å². The Kier molecular flexibility index (Phi) is 3.10. The van der Waals surface area contributed by atoms with Gasteiger partial charge in [-0.15, -0.1) is 0 Å². The van der Waals surface area contributed by atoms with Crippen molar-refractivity contribution in [2.24, 2.45) is 11.8 Å². The van der Waals surface area contributed by atoms with Crippen LogP contribution in [0.2, 0.25) is 0 Å². The normalized spacial score (nSPS) is 34.1. The lowest BCUT2D eigenvalue weighted by Gasteiger charge is -2.22. The maximum atomic E-state index is 13.0. The van der Waals surface area contributed by atoms with Crippen molar-refractivity contribution in [2.45, 2.75) is 25.6 Å². The fourth-order valence-electron chi connectivity index (χ4n) is 4.08. The maximum Gasteiger partial charge on any atom is 0.312 e. The van der Waals surface area contributed by atoms with Crippen LogP contribution in [-0.2, 0) is 19.1 Å². The Morgan fingerprint density at radius 1 is 1.43 bits per heavy atom. The molecule has 5 nitrogen and oxygen atoms in total. The Morgan fingerprint density at radius 3 is 2.96 bits per heavy atom. The molecule has 1 aromatic rings. The van der Waals surface area contributed by atoms with Gasteiger partial charge in [0.1, 0.15) is 11.5 Å². The van der Waals surface area contributed by atoms with Gasteiger partial charge in [-0.1, -0.05) is 30.4 Å². The number of carbonyl (C=O) groups is 2. The number of fused-ring (bicyclic) bond motifs is 1. The van der Waals surface area contributed by atoms with Crippen molar-refractivity contribution < 1.29 is 19.1 Å². The lowest BCUT2D eigenvalue weighted by molar-refractivity contribution is -0.151. The van der Waals surface area contributed by atoms with Gasteiger partial charge < -0.3 is 14.4 Å². The van der Waals surface area contributed by atoms with E-state index in [-0.39, 0.29) is 18.0 Å². The monoisotopic (exact) mass is 313 g/mol. The molecule has 3 aliphatic rings. The molecule has 0 aliphatic carbocycles. The van der Waals surface area contributed by atoms with Gasteiger partial charge in [0, 0.05) is 5.69 Å². The van der Waals surface area contributed by atoms with Gasteiger partial charge in [0.2, 0.25) is 5.91 Å². The van der Waals surface area contributed by atoms with E-state index in [0.717, 1.165) is 11.3 Å². The standard InChI is InChI=1S/C18H19NO4/c1-3-22-17(21)14-13-8-9-18(23-13)10-19(16(20)15(14)18)12-7-5-4-6-11(12)2/h4-9,13-15H,3,10H2,1-2H3/t13-,14+,15-,18-/m0/s1. The highest BCUT2D eigenvalue weighted by Crippen LogP contribution is 2.53. The Morgan fingerprint density at radius 2 is 2.22 bits per heavy atom. The van der Waals surface area contributed by atoms with E-state index in [0.29, 0.717) is 13.2 Å². The largest absolute Gasteiger partial charge is 0.466 e. The van der Waals surface area contributed by atoms with Crippen LogP contribution in [0.15, 0.2) is 36.4 Å². The molecule has 1 spiro atoms. The van der Waals surface area contributed by atoms with E-state index in [4.69, 9.17) is 9.47 Å². The van der Waals surface area contributed by atoms with Crippen LogP contribution >= 0.6 is 0 Å². The highest BCUT2D eigenvalue weighted by Gasteiger charge is 2.67. The Labute approximate surface area is 134 Å². The lowest BCUT2D eigenvalue weighted by atomic mass is 9.77. The predicted molar refractivity (Wildman–Crippen MR) is 83.9 cm³/mol. The van der Waals surface area contributed by atoms with Crippen LogP contribution < -0.4 is 4.90 Å². The number of nitrogens with zero attached hydrogens (tertiary/aromatic N) is 1. The highest BCUT2D eigenvalue weighted by molar-refractivity contribution is 6.03. The third-order valence-corrected chi connectivity index (χ3v) is 5.07. The minimum Gasteiger partial charge on any atom is -0.466 e. The van der Waals surface area contributed by atoms with Crippen molar-refractivity contribution in [1.82, 2.24) is 0 Å². The second-order valence-corrected chi connectivity index (χ2v) is 6.36. The number of benzene rings is 1.